The molecule has 0 saturated carbocycles. The lowest BCUT2D eigenvalue weighted by Gasteiger charge is -2.18. The fourth-order valence-electron chi connectivity index (χ4n) is 1.30. The molecular formula is C10H18N2O4S. The second-order valence-corrected chi connectivity index (χ2v) is 5.48. The lowest BCUT2D eigenvalue weighted by molar-refractivity contribution is -0.140. The maximum Gasteiger partial charge on any atom is 0.305 e. The van der Waals surface area contributed by atoms with E-state index in [2.05, 4.69) is 4.74 Å². The summed E-state index contributed by atoms with van der Waals surface area (Å²) in [5, 5.41) is 8.42. The molecule has 0 spiro atoms. The average Bonchev–Trinajstić information content (AvgIpc) is 2.29. The summed E-state index contributed by atoms with van der Waals surface area (Å²) < 4.78 is 29.3. The van der Waals surface area contributed by atoms with Crippen molar-refractivity contribution >= 4 is 16.0 Å². The Bertz CT molecular complexity index is 372. The molecule has 0 N–H and O–H groups in total. The number of hydrogen-bond acceptors (Lipinski definition) is 5. The van der Waals surface area contributed by atoms with Gasteiger partial charge in [0.1, 0.15) is 0 Å². The van der Waals surface area contributed by atoms with E-state index in [1.807, 2.05) is 6.07 Å². The zero-order chi connectivity index (χ0) is 13.3. The van der Waals surface area contributed by atoms with Crippen molar-refractivity contribution in [1.29, 1.82) is 5.26 Å². The quantitative estimate of drug-likeness (QED) is 0.594. The Balaban J connectivity index is 4.25. The molecule has 0 rings (SSSR count). The van der Waals surface area contributed by atoms with Gasteiger partial charge in [-0.25, -0.2) is 12.7 Å². The van der Waals surface area contributed by atoms with Crippen LogP contribution < -0.4 is 0 Å². The molecule has 7 heteroatoms. The van der Waals surface area contributed by atoms with E-state index in [4.69, 9.17) is 5.26 Å². The van der Waals surface area contributed by atoms with Gasteiger partial charge in [-0.2, -0.15) is 5.26 Å². The van der Waals surface area contributed by atoms with Crippen LogP contribution >= 0.6 is 0 Å². The number of hydrogen-bond donors (Lipinski definition) is 0. The summed E-state index contributed by atoms with van der Waals surface area (Å²) in [5.74, 6) is -0.512. The van der Waals surface area contributed by atoms with E-state index in [0.717, 1.165) is 0 Å². The van der Waals surface area contributed by atoms with Crippen molar-refractivity contribution in [1.82, 2.24) is 4.31 Å². The number of carbonyl (C=O) groups is 1. The van der Waals surface area contributed by atoms with Gasteiger partial charge in [-0.3, -0.25) is 4.79 Å². The first-order valence-electron chi connectivity index (χ1n) is 5.39. The van der Waals surface area contributed by atoms with E-state index in [-0.39, 0.29) is 31.6 Å². The maximum atomic E-state index is 11.8. The molecule has 0 unspecified atom stereocenters. The Kier molecular flexibility index (Phi) is 7.50. The van der Waals surface area contributed by atoms with Crippen molar-refractivity contribution in [2.24, 2.45) is 0 Å². The summed E-state index contributed by atoms with van der Waals surface area (Å²) in [5.41, 5.74) is 0. The highest BCUT2D eigenvalue weighted by Crippen LogP contribution is 2.06. The highest BCUT2D eigenvalue weighted by molar-refractivity contribution is 7.89. The van der Waals surface area contributed by atoms with Crippen LogP contribution in [0.25, 0.3) is 0 Å². The molecule has 98 valence electrons. The van der Waals surface area contributed by atoms with Crippen molar-refractivity contribution in [3.63, 3.8) is 0 Å². The summed E-state index contributed by atoms with van der Waals surface area (Å²) in [6, 6.07) is 1.91. The molecule has 0 aliphatic heterocycles. The fraction of sp³-hybridized carbons (Fsp3) is 0.800. The van der Waals surface area contributed by atoms with Gasteiger partial charge in [-0.1, -0.05) is 6.92 Å². The molecule has 0 bridgehead atoms. The zero-order valence-electron chi connectivity index (χ0n) is 10.2. The Morgan fingerprint density at radius 2 is 2.12 bits per heavy atom. The third-order valence-corrected chi connectivity index (χ3v) is 4.26. The molecule has 0 amide bonds. The van der Waals surface area contributed by atoms with Crippen LogP contribution in [0.5, 0.6) is 0 Å². The number of nitrogens with zero attached hydrogens (tertiary/aromatic N) is 2. The van der Waals surface area contributed by atoms with Gasteiger partial charge in [-0.15, -0.1) is 0 Å². The summed E-state index contributed by atoms with van der Waals surface area (Å²) >= 11 is 0. The number of rotatable bonds is 8. The normalized spacial score (nSPS) is 11.2. The Morgan fingerprint density at radius 1 is 1.47 bits per heavy atom. The molecule has 0 fully saturated rings. The minimum atomic E-state index is -3.37. The third kappa shape index (κ3) is 6.24. The van der Waals surface area contributed by atoms with Crippen LogP contribution in [0.4, 0.5) is 0 Å². The van der Waals surface area contributed by atoms with E-state index in [1.165, 1.54) is 11.4 Å². The number of carbonyl (C=O) groups excluding carboxylic acids is 1. The molecule has 0 aromatic rings. The smallest absolute Gasteiger partial charge is 0.305 e. The van der Waals surface area contributed by atoms with Crippen LogP contribution in [0, 0.1) is 11.3 Å². The second kappa shape index (κ2) is 8.03. The van der Waals surface area contributed by atoms with Crippen molar-refractivity contribution in [2.45, 2.75) is 26.2 Å². The topological polar surface area (TPSA) is 87.5 Å². The summed E-state index contributed by atoms with van der Waals surface area (Å²) in [7, 11) is -2.11. The predicted octanol–water partition coefficient (Wildman–Crippen LogP) is 0.505. The van der Waals surface area contributed by atoms with Crippen LogP contribution in [0.3, 0.4) is 0 Å². The summed E-state index contributed by atoms with van der Waals surface area (Å²) in [6.07, 6.45) is 0.494. The van der Waals surface area contributed by atoms with E-state index < -0.39 is 16.0 Å². The predicted molar refractivity (Wildman–Crippen MR) is 62.5 cm³/mol. The minimum absolute atomic E-state index is 0.0888. The van der Waals surface area contributed by atoms with E-state index in [0.29, 0.717) is 6.54 Å². The highest BCUT2D eigenvalue weighted by Gasteiger charge is 2.19. The minimum Gasteiger partial charge on any atom is -0.469 e. The fourth-order valence-corrected chi connectivity index (χ4v) is 2.83. The van der Waals surface area contributed by atoms with Crippen molar-refractivity contribution in [2.75, 3.05) is 26.0 Å². The van der Waals surface area contributed by atoms with Crippen LogP contribution in [0.15, 0.2) is 0 Å². The van der Waals surface area contributed by atoms with Crippen LogP contribution in [-0.4, -0.2) is 44.6 Å². The molecule has 0 heterocycles. The molecule has 0 aromatic carbocycles. The van der Waals surface area contributed by atoms with Crippen LogP contribution in [-0.2, 0) is 19.6 Å². The van der Waals surface area contributed by atoms with Gasteiger partial charge >= 0.3 is 5.97 Å². The standard InChI is InChI=1S/C10H18N2O4S/c1-3-12(8-5-7-11)17(14,15)9-4-6-10(13)16-2/h3-6,8-9H2,1-2H3. The number of methoxy groups -OCH3 is 1. The van der Waals surface area contributed by atoms with Crippen LogP contribution in [0.2, 0.25) is 0 Å². The first kappa shape index (κ1) is 15.9. The third-order valence-electron chi connectivity index (χ3n) is 2.23. The number of ether oxygens (including phenoxy) is 1. The van der Waals surface area contributed by atoms with E-state index >= 15 is 0 Å². The van der Waals surface area contributed by atoms with Gasteiger partial charge in [0.15, 0.2) is 0 Å². The number of nitriles is 1. The molecule has 6 nitrogen and oxygen atoms in total. The van der Waals surface area contributed by atoms with Gasteiger partial charge in [-0.05, 0) is 6.42 Å². The Labute approximate surface area is 102 Å². The monoisotopic (exact) mass is 262 g/mol. The number of sulfonamides is 1. The zero-order valence-corrected chi connectivity index (χ0v) is 11.0. The molecule has 17 heavy (non-hydrogen) atoms. The molecule has 0 aliphatic rings. The SMILES string of the molecule is CCN(CCC#N)S(=O)(=O)CCCC(=O)OC. The van der Waals surface area contributed by atoms with Gasteiger partial charge in [0.2, 0.25) is 10.0 Å². The summed E-state index contributed by atoms with van der Waals surface area (Å²) in [4.78, 5) is 10.8. The van der Waals surface area contributed by atoms with Gasteiger partial charge in [0, 0.05) is 25.9 Å². The van der Waals surface area contributed by atoms with Crippen molar-refractivity contribution in [3.8, 4) is 6.07 Å². The van der Waals surface area contributed by atoms with Gasteiger partial charge in [0.05, 0.1) is 18.9 Å². The lowest BCUT2D eigenvalue weighted by Crippen LogP contribution is -2.33. The number of esters is 1. The Hall–Kier alpha value is -1.13. The van der Waals surface area contributed by atoms with Crippen molar-refractivity contribution in [3.05, 3.63) is 0 Å². The first-order chi connectivity index (χ1) is 7.97. The lowest BCUT2D eigenvalue weighted by atomic mass is 10.3. The average molecular weight is 262 g/mol. The maximum absolute atomic E-state index is 11.8. The molecular weight excluding hydrogens is 244 g/mol. The summed E-state index contributed by atoms with van der Waals surface area (Å²) in [6.45, 7) is 2.25. The Morgan fingerprint density at radius 3 is 2.59 bits per heavy atom. The highest BCUT2D eigenvalue weighted by atomic mass is 32.2. The molecule has 0 atom stereocenters. The molecule has 0 saturated heterocycles. The van der Waals surface area contributed by atoms with Crippen molar-refractivity contribution < 1.29 is 17.9 Å². The molecule has 0 radical (unpaired) electrons. The van der Waals surface area contributed by atoms with Gasteiger partial charge < -0.3 is 4.74 Å². The van der Waals surface area contributed by atoms with E-state index in [9.17, 15) is 13.2 Å². The first-order valence-corrected chi connectivity index (χ1v) is 7.00. The molecule has 0 aromatic heterocycles. The van der Waals surface area contributed by atoms with Gasteiger partial charge in [0.25, 0.3) is 0 Å². The van der Waals surface area contributed by atoms with E-state index in [1.54, 1.807) is 6.92 Å². The molecule has 0 aliphatic carbocycles. The van der Waals surface area contributed by atoms with Crippen LogP contribution in [0.1, 0.15) is 26.2 Å². The second-order valence-electron chi connectivity index (χ2n) is 3.40. The largest absolute Gasteiger partial charge is 0.469 e.